The Labute approximate surface area is 183 Å². The molecule has 4 bridgehead atoms. The molecule has 5 rings (SSSR count). The van der Waals surface area contributed by atoms with Crippen molar-refractivity contribution in [3.8, 4) is 12.1 Å². The van der Waals surface area contributed by atoms with Crippen LogP contribution in [0.4, 0.5) is 0 Å². The first-order valence-electron chi connectivity index (χ1n) is 11.0. The number of nitrogens with zero attached hydrogens (tertiary/aromatic N) is 3. The standard InChI is InChI=1S/C25H27N3O3/c26-8-1-9-28(25-13-20-10-21(14-25)12-22(11-20)15-25)23(29)17-31-24(30)7-6-18-2-4-19(16-27)5-3-18/h2-7,20-22H,1,9-15,17H2/b7-6+. The van der Waals surface area contributed by atoms with E-state index in [2.05, 4.69) is 6.07 Å². The maximum atomic E-state index is 13.1. The Bertz CT molecular complexity index is 916. The molecule has 0 spiro atoms. The summed E-state index contributed by atoms with van der Waals surface area (Å²) in [5.41, 5.74) is 1.16. The molecule has 0 heterocycles. The second-order valence-corrected chi connectivity index (χ2v) is 9.27. The van der Waals surface area contributed by atoms with Crippen molar-refractivity contribution < 1.29 is 14.3 Å². The molecule has 4 aliphatic carbocycles. The molecule has 0 radical (unpaired) electrons. The summed E-state index contributed by atoms with van der Waals surface area (Å²) in [7, 11) is 0. The number of carbonyl (C=O) groups is 2. The SMILES string of the molecule is N#CCCN(C(=O)COC(=O)/C=C/c1ccc(C#N)cc1)C12CC3CC(CC(C3)C1)C2. The second kappa shape index (κ2) is 8.94. The summed E-state index contributed by atoms with van der Waals surface area (Å²) in [4.78, 5) is 27.1. The third-order valence-electron chi connectivity index (χ3n) is 7.12. The first kappa shape index (κ1) is 21.1. The zero-order valence-electron chi connectivity index (χ0n) is 17.6. The van der Waals surface area contributed by atoms with E-state index in [0.29, 0.717) is 36.3 Å². The van der Waals surface area contributed by atoms with Crippen molar-refractivity contribution in [2.45, 2.75) is 50.5 Å². The fraction of sp³-hybridized carbons (Fsp3) is 0.520. The van der Waals surface area contributed by atoms with Gasteiger partial charge in [0, 0.05) is 18.2 Å². The highest BCUT2D eigenvalue weighted by Gasteiger charge is 2.54. The average molecular weight is 418 g/mol. The molecule has 4 saturated carbocycles. The second-order valence-electron chi connectivity index (χ2n) is 9.27. The lowest BCUT2D eigenvalue weighted by Gasteiger charge is -2.60. The summed E-state index contributed by atoms with van der Waals surface area (Å²) < 4.78 is 5.24. The molecule has 0 atom stereocenters. The Morgan fingerprint density at radius 3 is 2.23 bits per heavy atom. The van der Waals surface area contributed by atoms with Crippen LogP contribution < -0.4 is 0 Å². The lowest BCUT2D eigenvalue weighted by molar-refractivity contribution is -0.160. The van der Waals surface area contributed by atoms with E-state index in [1.807, 2.05) is 11.0 Å². The maximum Gasteiger partial charge on any atom is 0.331 e. The van der Waals surface area contributed by atoms with Gasteiger partial charge in [0.2, 0.25) is 0 Å². The van der Waals surface area contributed by atoms with Gasteiger partial charge in [0.05, 0.1) is 24.1 Å². The minimum absolute atomic E-state index is 0.159. The van der Waals surface area contributed by atoms with Gasteiger partial charge in [-0.2, -0.15) is 10.5 Å². The molecule has 6 nitrogen and oxygen atoms in total. The number of hydrogen-bond donors (Lipinski definition) is 0. The van der Waals surface area contributed by atoms with Crippen LogP contribution in [0.2, 0.25) is 0 Å². The Hall–Kier alpha value is -3.12. The normalized spacial score (nSPS) is 28.1. The number of hydrogen-bond acceptors (Lipinski definition) is 5. The fourth-order valence-corrected chi connectivity index (χ4v) is 6.28. The molecule has 31 heavy (non-hydrogen) atoms. The van der Waals surface area contributed by atoms with Gasteiger partial charge in [-0.3, -0.25) is 4.79 Å². The molecule has 4 aliphatic rings. The molecule has 0 aliphatic heterocycles. The molecule has 0 N–H and O–H groups in total. The van der Waals surface area contributed by atoms with E-state index in [4.69, 9.17) is 15.3 Å². The Balaban J connectivity index is 1.38. The van der Waals surface area contributed by atoms with Gasteiger partial charge >= 0.3 is 5.97 Å². The Kier molecular flexibility index (Phi) is 6.09. The molecule has 0 saturated heterocycles. The van der Waals surface area contributed by atoms with Crippen LogP contribution in [0, 0.1) is 40.4 Å². The number of esters is 1. The molecule has 0 aromatic heterocycles. The monoisotopic (exact) mass is 417 g/mol. The van der Waals surface area contributed by atoms with Gasteiger partial charge < -0.3 is 9.64 Å². The van der Waals surface area contributed by atoms with Crippen LogP contribution in [0.1, 0.15) is 56.1 Å². The van der Waals surface area contributed by atoms with Crippen molar-refractivity contribution >= 4 is 18.0 Å². The fourth-order valence-electron chi connectivity index (χ4n) is 6.28. The molecule has 1 aromatic carbocycles. The van der Waals surface area contributed by atoms with Gasteiger partial charge in [0.1, 0.15) is 0 Å². The molecule has 1 aromatic rings. The number of nitriles is 2. The number of ether oxygens (including phenoxy) is 1. The van der Waals surface area contributed by atoms with E-state index in [1.54, 1.807) is 30.3 Å². The topological polar surface area (TPSA) is 94.2 Å². The Morgan fingerprint density at radius 2 is 1.68 bits per heavy atom. The highest BCUT2D eigenvalue weighted by molar-refractivity contribution is 5.89. The number of carbonyl (C=O) groups excluding carboxylic acids is 2. The largest absolute Gasteiger partial charge is 0.452 e. The van der Waals surface area contributed by atoms with E-state index in [9.17, 15) is 9.59 Å². The number of benzene rings is 1. The van der Waals surface area contributed by atoms with Crippen LogP contribution in [-0.2, 0) is 14.3 Å². The van der Waals surface area contributed by atoms with Crippen molar-refractivity contribution in [1.29, 1.82) is 10.5 Å². The zero-order valence-corrected chi connectivity index (χ0v) is 17.6. The van der Waals surface area contributed by atoms with E-state index in [0.717, 1.165) is 24.8 Å². The predicted octanol–water partition coefficient (Wildman–Crippen LogP) is 3.83. The number of rotatable bonds is 7. The molecular formula is C25H27N3O3. The van der Waals surface area contributed by atoms with Gasteiger partial charge in [0.25, 0.3) is 5.91 Å². The summed E-state index contributed by atoms with van der Waals surface area (Å²) in [5.74, 6) is 1.27. The van der Waals surface area contributed by atoms with Crippen LogP contribution in [0.3, 0.4) is 0 Å². The summed E-state index contributed by atoms with van der Waals surface area (Å²) >= 11 is 0. The first-order valence-corrected chi connectivity index (χ1v) is 11.0. The van der Waals surface area contributed by atoms with Crippen LogP contribution in [0.5, 0.6) is 0 Å². The van der Waals surface area contributed by atoms with Crippen LogP contribution in [-0.4, -0.2) is 35.5 Å². The van der Waals surface area contributed by atoms with Crippen molar-refractivity contribution in [3.05, 3.63) is 41.5 Å². The maximum absolute atomic E-state index is 13.1. The summed E-state index contributed by atoms with van der Waals surface area (Å²) in [5, 5.41) is 17.9. The lowest BCUT2D eigenvalue weighted by atomic mass is 9.52. The van der Waals surface area contributed by atoms with Gasteiger partial charge in [-0.05, 0) is 80.1 Å². The van der Waals surface area contributed by atoms with Crippen molar-refractivity contribution in [2.75, 3.05) is 13.2 Å². The highest BCUT2D eigenvalue weighted by Crippen LogP contribution is 2.57. The highest BCUT2D eigenvalue weighted by atomic mass is 16.5. The first-order chi connectivity index (χ1) is 15.0. The molecule has 6 heteroatoms. The average Bonchev–Trinajstić information content (AvgIpc) is 2.75. The molecule has 4 fully saturated rings. The molecule has 160 valence electrons. The zero-order chi connectivity index (χ0) is 21.8. The predicted molar refractivity (Wildman–Crippen MR) is 114 cm³/mol. The quantitative estimate of drug-likeness (QED) is 0.496. The molecule has 1 amide bonds. The summed E-state index contributed by atoms with van der Waals surface area (Å²) in [6.07, 6.45) is 10.0. The minimum Gasteiger partial charge on any atom is -0.452 e. The lowest BCUT2D eigenvalue weighted by Crippen LogP contribution is -2.62. The van der Waals surface area contributed by atoms with Crippen molar-refractivity contribution in [1.82, 2.24) is 4.90 Å². The van der Waals surface area contributed by atoms with E-state index in [1.165, 1.54) is 25.3 Å². The third kappa shape index (κ3) is 4.64. The smallest absolute Gasteiger partial charge is 0.331 e. The van der Waals surface area contributed by atoms with Gasteiger partial charge in [0.15, 0.2) is 6.61 Å². The Morgan fingerprint density at radius 1 is 1.06 bits per heavy atom. The van der Waals surface area contributed by atoms with Gasteiger partial charge in [-0.25, -0.2) is 4.79 Å². The summed E-state index contributed by atoms with van der Waals surface area (Å²) in [6, 6.07) is 11.0. The van der Waals surface area contributed by atoms with Crippen LogP contribution in [0.25, 0.3) is 6.08 Å². The third-order valence-corrected chi connectivity index (χ3v) is 7.12. The minimum atomic E-state index is -0.580. The van der Waals surface area contributed by atoms with Gasteiger partial charge in [-0.15, -0.1) is 0 Å². The van der Waals surface area contributed by atoms with E-state index >= 15 is 0 Å². The summed E-state index contributed by atoms with van der Waals surface area (Å²) in [6.45, 7) is 0.101. The van der Waals surface area contributed by atoms with Crippen molar-refractivity contribution in [2.24, 2.45) is 17.8 Å². The van der Waals surface area contributed by atoms with Crippen molar-refractivity contribution in [3.63, 3.8) is 0 Å². The van der Waals surface area contributed by atoms with E-state index < -0.39 is 5.97 Å². The molecular weight excluding hydrogens is 390 g/mol. The number of amides is 1. The van der Waals surface area contributed by atoms with E-state index in [-0.39, 0.29) is 18.1 Å². The molecule has 0 unspecified atom stereocenters. The van der Waals surface area contributed by atoms with Crippen LogP contribution in [0.15, 0.2) is 30.3 Å². The van der Waals surface area contributed by atoms with Crippen LogP contribution >= 0.6 is 0 Å². The van der Waals surface area contributed by atoms with Gasteiger partial charge in [-0.1, -0.05) is 12.1 Å².